The van der Waals surface area contributed by atoms with Gasteiger partial charge in [-0.3, -0.25) is 4.90 Å². The smallest absolute Gasteiger partial charge is 0.0558 e. The molecule has 1 rings (SSSR count). The van der Waals surface area contributed by atoms with Gasteiger partial charge in [0.1, 0.15) is 0 Å². The van der Waals surface area contributed by atoms with E-state index in [1.807, 2.05) is 31.2 Å². The first kappa shape index (κ1) is 14.5. The van der Waals surface area contributed by atoms with Crippen molar-refractivity contribution < 1.29 is 5.11 Å². The van der Waals surface area contributed by atoms with E-state index in [1.165, 1.54) is 0 Å². The third-order valence-electron chi connectivity index (χ3n) is 2.88. The molecule has 4 heteroatoms. The molecule has 1 aromatic carbocycles. The molecule has 0 aromatic heterocycles. The second-order valence-corrected chi connectivity index (χ2v) is 4.65. The molecule has 0 aliphatic rings. The molecule has 0 fully saturated rings. The quantitative estimate of drug-likeness (QED) is 0.819. The highest BCUT2D eigenvalue weighted by atomic mass is 35.5. The van der Waals surface area contributed by atoms with E-state index >= 15 is 0 Å². The lowest BCUT2D eigenvalue weighted by molar-refractivity contribution is 0.143. The summed E-state index contributed by atoms with van der Waals surface area (Å²) in [5, 5.41) is 9.81. The van der Waals surface area contributed by atoms with Crippen LogP contribution in [0, 0.1) is 0 Å². The zero-order chi connectivity index (χ0) is 12.8. The van der Waals surface area contributed by atoms with Crippen LogP contribution in [0.3, 0.4) is 0 Å². The number of halogens is 1. The van der Waals surface area contributed by atoms with Crippen molar-refractivity contribution in [2.24, 2.45) is 5.73 Å². The lowest BCUT2D eigenvalue weighted by atomic mass is 9.99. The number of hydrogen-bond acceptors (Lipinski definition) is 3. The van der Waals surface area contributed by atoms with Gasteiger partial charge in [0.05, 0.1) is 6.61 Å². The predicted molar refractivity (Wildman–Crippen MR) is 72.2 cm³/mol. The molecule has 0 bridgehead atoms. The van der Waals surface area contributed by atoms with Crippen LogP contribution in [-0.2, 0) is 0 Å². The van der Waals surface area contributed by atoms with Crippen LogP contribution in [0.4, 0.5) is 0 Å². The van der Waals surface area contributed by atoms with Gasteiger partial charge in [-0.2, -0.15) is 0 Å². The summed E-state index contributed by atoms with van der Waals surface area (Å²) < 4.78 is 0. The minimum atomic E-state index is -0.0139. The van der Waals surface area contributed by atoms with Gasteiger partial charge in [-0.1, -0.05) is 30.7 Å². The molecule has 0 amide bonds. The van der Waals surface area contributed by atoms with Gasteiger partial charge in [0.15, 0.2) is 0 Å². The van der Waals surface area contributed by atoms with Crippen LogP contribution in [0.2, 0.25) is 5.02 Å². The minimum Gasteiger partial charge on any atom is -0.395 e. The fraction of sp³-hybridized carbons (Fsp3) is 0.538. The fourth-order valence-corrected chi connectivity index (χ4v) is 2.36. The number of aliphatic hydroxyl groups is 1. The number of rotatable bonds is 6. The van der Waals surface area contributed by atoms with Gasteiger partial charge < -0.3 is 10.8 Å². The summed E-state index contributed by atoms with van der Waals surface area (Å²) in [4.78, 5) is 2.16. The van der Waals surface area contributed by atoms with E-state index in [-0.39, 0.29) is 18.7 Å². The van der Waals surface area contributed by atoms with Crippen molar-refractivity contribution in [1.82, 2.24) is 4.90 Å². The third kappa shape index (κ3) is 3.96. The number of nitrogens with zero attached hydrogens (tertiary/aromatic N) is 1. The van der Waals surface area contributed by atoms with Gasteiger partial charge >= 0.3 is 0 Å². The van der Waals surface area contributed by atoms with E-state index in [4.69, 9.17) is 22.4 Å². The summed E-state index contributed by atoms with van der Waals surface area (Å²) in [6.45, 7) is 5.65. The molecule has 1 aromatic rings. The molecule has 2 unspecified atom stereocenters. The Kier molecular flexibility index (Phi) is 5.92. The Morgan fingerprint density at radius 3 is 2.65 bits per heavy atom. The topological polar surface area (TPSA) is 49.5 Å². The predicted octanol–water partition coefficient (Wildman–Crippen LogP) is 2.04. The molecule has 0 aliphatic carbocycles. The van der Waals surface area contributed by atoms with Gasteiger partial charge in [0, 0.05) is 23.7 Å². The molecule has 0 radical (unpaired) electrons. The van der Waals surface area contributed by atoms with Crippen molar-refractivity contribution in [1.29, 1.82) is 0 Å². The van der Waals surface area contributed by atoms with E-state index < -0.39 is 0 Å². The average Bonchev–Trinajstić information content (AvgIpc) is 2.28. The maximum atomic E-state index is 9.09. The maximum Gasteiger partial charge on any atom is 0.0558 e. The van der Waals surface area contributed by atoms with Crippen LogP contribution in [0.15, 0.2) is 24.3 Å². The van der Waals surface area contributed by atoms with Crippen molar-refractivity contribution in [2.45, 2.75) is 25.9 Å². The van der Waals surface area contributed by atoms with Crippen molar-refractivity contribution in [3.8, 4) is 0 Å². The lowest BCUT2D eigenvalue weighted by Crippen LogP contribution is -2.40. The SMILES string of the molecule is CCN(CCO)C(c1cccc(Cl)c1)C(C)N. The Hall–Kier alpha value is -0.610. The summed E-state index contributed by atoms with van der Waals surface area (Å²) in [6, 6.07) is 7.83. The third-order valence-corrected chi connectivity index (χ3v) is 3.11. The fourth-order valence-electron chi connectivity index (χ4n) is 2.16. The van der Waals surface area contributed by atoms with E-state index in [0.29, 0.717) is 11.6 Å². The number of likely N-dealkylation sites (N-methyl/N-ethyl adjacent to an activating group) is 1. The highest BCUT2D eigenvalue weighted by molar-refractivity contribution is 6.30. The van der Waals surface area contributed by atoms with Crippen molar-refractivity contribution in [3.05, 3.63) is 34.9 Å². The number of aliphatic hydroxyl groups excluding tert-OH is 1. The molecule has 96 valence electrons. The van der Waals surface area contributed by atoms with Crippen molar-refractivity contribution >= 4 is 11.6 Å². The standard InChI is InChI=1S/C13H21ClN2O/c1-3-16(7-8-17)13(10(2)15)11-5-4-6-12(14)9-11/h4-6,9-10,13,17H,3,7-8,15H2,1-2H3. The summed E-state index contributed by atoms with van der Waals surface area (Å²) >= 11 is 6.01. The molecule has 3 nitrogen and oxygen atoms in total. The maximum absolute atomic E-state index is 9.09. The number of nitrogens with two attached hydrogens (primary N) is 1. The van der Waals surface area contributed by atoms with Crippen LogP contribution in [0.1, 0.15) is 25.5 Å². The van der Waals surface area contributed by atoms with E-state index in [1.54, 1.807) is 0 Å². The summed E-state index contributed by atoms with van der Waals surface area (Å²) in [6.07, 6.45) is 0. The Bertz CT molecular complexity index is 344. The van der Waals surface area contributed by atoms with E-state index in [9.17, 15) is 0 Å². The second kappa shape index (κ2) is 6.97. The molecule has 17 heavy (non-hydrogen) atoms. The Morgan fingerprint density at radius 2 is 2.18 bits per heavy atom. The molecule has 0 spiro atoms. The lowest BCUT2D eigenvalue weighted by Gasteiger charge is -2.33. The van der Waals surface area contributed by atoms with Crippen LogP contribution in [0.5, 0.6) is 0 Å². The molecular formula is C13H21ClN2O. The molecule has 2 atom stereocenters. The Labute approximate surface area is 108 Å². The van der Waals surface area contributed by atoms with Crippen molar-refractivity contribution in [3.63, 3.8) is 0 Å². The van der Waals surface area contributed by atoms with Crippen LogP contribution in [0.25, 0.3) is 0 Å². The molecular weight excluding hydrogens is 236 g/mol. The average molecular weight is 257 g/mol. The first-order valence-electron chi connectivity index (χ1n) is 5.96. The summed E-state index contributed by atoms with van der Waals surface area (Å²) in [5.74, 6) is 0. The van der Waals surface area contributed by atoms with Gasteiger partial charge in [-0.05, 0) is 31.2 Å². The first-order valence-corrected chi connectivity index (χ1v) is 6.33. The monoisotopic (exact) mass is 256 g/mol. The molecule has 0 saturated carbocycles. The minimum absolute atomic E-state index is 0.0139. The van der Waals surface area contributed by atoms with Gasteiger partial charge in [-0.25, -0.2) is 0 Å². The molecule has 0 heterocycles. The van der Waals surface area contributed by atoms with Gasteiger partial charge in [0.25, 0.3) is 0 Å². The van der Waals surface area contributed by atoms with E-state index in [0.717, 1.165) is 12.1 Å². The number of hydrogen-bond donors (Lipinski definition) is 2. The highest BCUT2D eigenvalue weighted by Crippen LogP contribution is 2.25. The largest absolute Gasteiger partial charge is 0.395 e. The zero-order valence-electron chi connectivity index (χ0n) is 10.4. The van der Waals surface area contributed by atoms with Crippen molar-refractivity contribution in [2.75, 3.05) is 19.7 Å². The van der Waals surface area contributed by atoms with Gasteiger partial charge in [-0.15, -0.1) is 0 Å². The Balaban J connectivity index is 2.99. The van der Waals surface area contributed by atoms with E-state index in [2.05, 4.69) is 11.8 Å². The zero-order valence-corrected chi connectivity index (χ0v) is 11.2. The number of benzene rings is 1. The first-order chi connectivity index (χ1) is 8.10. The van der Waals surface area contributed by atoms with Crippen LogP contribution in [-0.4, -0.2) is 35.7 Å². The second-order valence-electron chi connectivity index (χ2n) is 4.21. The molecule has 0 saturated heterocycles. The summed E-state index contributed by atoms with van der Waals surface area (Å²) in [5.41, 5.74) is 7.16. The highest BCUT2D eigenvalue weighted by Gasteiger charge is 2.22. The van der Waals surface area contributed by atoms with Crippen LogP contribution >= 0.6 is 11.6 Å². The molecule has 0 aliphatic heterocycles. The normalized spacial score (nSPS) is 14.9. The van der Waals surface area contributed by atoms with Gasteiger partial charge in [0.2, 0.25) is 0 Å². The Morgan fingerprint density at radius 1 is 1.47 bits per heavy atom. The summed E-state index contributed by atoms with van der Waals surface area (Å²) in [7, 11) is 0. The van der Waals surface area contributed by atoms with Crippen LogP contribution < -0.4 is 5.73 Å². The molecule has 3 N–H and O–H groups in total.